The van der Waals surface area contributed by atoms with Gasteiger partial charge in [-0.1, -0.05) is 113 Å². The molecule has 4 rings (SSSR count). The summed E-state index contributed by atoms with van der Waals surface area (Å²) in [5.41, 5.74) is 6.12. The Balaban J connectivity index is 1.23. The molecule has 2 aliphatic carbocycles. The van der Waals surface area contributed by atoms with E-state index in [1.54, 1.807) is 0 Å². The molecule has 0 heterocycles. The summed E-state index contributed by atoms with van der Waals surface area (Å²) in [6.45, 7) is 4.54. The fourth-order valence-corrected chi connectivity index (χ4v) is 6.53. The van der Waals surface area contributed by atoms with Crippen molar-refractivity contribution in [1.29, 1.82) is 0 Å². The van der Waals surface area contributed by atoms with E-state index in [1.165, 1.54) is 87.3 Å². The largest absolute Gasteiger partial charge is 0.294 e. The molecule has 36 heavy (non-hydrogen) atoms. The van der Waals surface area contributed by atoms with E-state index in [0.29, 0.717) is 12.2 Å². The monoisotopic (exact) mass is 484 g/mol. The molecule has 0 saturated heterocycles. The van der Waals surface area contributed by atoms with E-state index in [2.05, 4.69) is 68.5 Å². The fourth-order valence-electron chi connectivity index (χ4n) is 6.53. The highest BCUT2D eigenvalue weighted by atomic mass is 16.1. The van der Waals surface area contributed by atoms with Gasteiger partial charge in [0.05, 0.1) is 0 Å². The lowest BCUT2D eigenvalue weighted by Crippen LogP contribution is -2.24. The van der Waals surface area contributed by atoms with Crippen molar-refractivity contribution >= 4 is 5.78 Å². The first-order chi connectivity index (χ1) is 17.7. The van der Waals surface area contributed by atoms with Gasteiger partial charge in [-0.25, -0.2) is 0 Å². The molecule has 194 valence electrons. The summed E-state index contributed by atoms with van der Waals surface area (Å²) in [6, 6.07) is 17.6. The van der Waals surface area contributed by atoms with E-state index in [-0.39, 0.29) is 0 Å². The predicted octanol–water partition coefficient (Wildman–Crippen LogP) is 9.92. The van der Waals surface area contributed by atoms with Gasteiger partial charge in [-0.05, 0) is 90.5 Å². The van der Waals surface area contributed by atoms with Crippen molar-refractivity contribution in [3.8, 4) is 11.1 Å². The average Bonchev–Trinajstić information content (AvgIpc) is 2.93. The maximum atomic E-state index is 13.0. The third-order valence-electron chi connectivity index (χ3n) is 9.01. The summed E-state index contributed by atoms with van der Waals surface area (Å²) in [6.07, 6.45) is 21.2. The normalized spacial score (nSPS) is 22.3. The van der Waals surface area contributed by atoms with Gasteiger partial charge >= 0.3 is 0 Å². The highest BCUT2D eigenvalue weighted by molar-refractivity contribution is 5.97. The van der Waals surface area contributed by atoms with Crippen LogP contribution in [0.25, 0.3) is 11.1 Å². The smallest absolute Gasteiger partial charge is 0.162 e. The molecule has 2 aliphatic rings. The third kappa shape index (κ3) is 7.67. The van der Waals surface area contributed by atoms with Crippen molar-refractivity contribution in [1.82, 2.24) is 0 Å². The molecule has 0 aliphatic heterocycles. The molecular weight excluding hydrogens is 436 g/mol. The van der Waals surface area contributed by atoms with E-state index in [9.17, 15) is 4.79 Å². The standard InChI is InChI=1S/C35H48O/c1-3-5-7-9-28-12-18-31(19-13-28)33-22-24-34(25-23-33)35(36)26-29-14-20-32(21-15-29)30-16-10-27(11-17-30)8-6-4-2/h10-11,14-17,20-21,24,28,31,33H,3-9,12-13,18-19,22-23,25-26H2,1-2H3. The summed E-state index contributed by atoms with van der Waals surface area (Å²) in [4.78, 5) is 13.0. The lowest BCUT2D eigenvalue weighted by molar-refractivity contribution is -0.115. The van der Waals surface area contributed by atoms with Crippen LogP contribution in [0.3, 0.4) is 0 Å². The molecule has 0 aromatic heterocycles. The van der Waals surface area contributed by atoms with Crippen molar-refractivity contribution < 1.29 is 4.79 Å². The summed E-state index contributed by atoms with van der Waals surface area (Å²) < 4.78 is 0. The molecule has 1 saturated carbocycles. The van der Waals surface area contributed by atoms with Crippen LogP contribution in [-0.2, 0) is 17.6 Å². The van der Waals surface area contributed by atoms with E-state index in [4.69, 9.17) is 0 Å². The van der Waals surface area contributed by atoms with Crippen LogP contribution in [0, 0.1) is 17.8 Å². The molecule has 1 unspecified atom stereocenters. The van der Waals surface area contributed by atoms with Crippen LogP contribution in [-0.4, -0.2) is 5.78 Å². The molecule has 1 heteroatoms. The number of ketones is 1. The number of carbonyl (C=O) groups is 1. The summed E-state index contributed by atoms with van der Waals surface area (Å²) in [5.74, 6) is 3.03. The Morgan fingerprint density at radius 2 is 1.36 bits per heavy atom. The van der Waals surface area contributed by atoms with Crippen molar-refractivity contribution in [2.24, 2.45) is 17.8 Å². The van der Waals surface area contributed by atoms with Gasteiger partial charge in [0.25, 0.3) is 0 Å². The zero-order chi connectivity index (χ0) is 25.2. The zero-order valence-electron chi connectivity index (χ0n) is 22.9. The first-order valence-electron chi connectivity index (χ1n) is 15.1. The molecule has 1 atom stereocenters. The van der Waals surface area contributed by atoms with Gasteiger partial charge in [-0.15, -0.1) is 0 Å². The summed E-state index contributed by atoms with van der Waals surface area (Å²) >= 11 is 0. The molecular formula is C35H48O. The van der Waals surface area contributed by atoms with Crippen LogP contribution in [0.4, 0.5) is 0 Å². The summed E-state index contributed by atoms with van der Waals surface area (Å²) in [7, 11) is 0. The van der Waals surface area contributed by atoms with Gasteiger partial charge < -0.3 is 0 Å². The van der Waals surface area contributed by atoms with Gasteiger partial charge in [0.2, 0.25) is 0 Å². The SMILES string of the molecule is CCCCCC1CCC(C2CC=C(C(=O)Cc3ccc(-c4ccc(CCCC)cc4)cc3)CC2)CC1. The highest BCUT2D eigenvalue weighted by Gasteiger charge is 2.29. The second-order valence-electron chi connectivity index (χ2n) is 11.6. The Morgan fingerprint density at radius 1 is 0.722 bits per heavy atom. The third-order valence-corrected chi connectivity index (χ3v) is 9.01. The van der Waals surface area contributed by atoms with Crippen LogP contribution < -0.4 is 0 Å². The Kier molecular flexibility index (Phi) is 10.4. The lowest BCUT2D eigenvalue weighted by atomic mass is 9.70. The molecule has 0 bridgehead atoms. The maximum Gasteiger partial charge on any atom is 0.162 e. The number of hydrogen-bond donors (Lipinski definition) is 0. The topological polar surface area (TPSA) is 17.1 Å². The van der Waals surface area contributed by atoms with Crippen LogP contribution in [0.15, 0.2) is 60.2 Å². The molecule has 0 amide bonds. The number of carbonyl (C=O) groups excluding carboxylic acids is 1. The molecule has 0 radical (unpaired) electrons. The minimum Gasteiger partial charge on any atom is -0.294 e. The van der Waals surface area contributed by atoms with E-state index in [1.807, 2.05) is 0 Å². The molecule has 2 aromatic carbocycles. The lowest BCUT2D eigenvalue weighted by Gasteiger charge is -2.35. The second-order valence-corrected chi connectivity index (χ2v) is 11.6. The Bertz CT molecular complexity index is 957. The Hall–Kier alpha value is -2.15. The number of allylic oxidation sites excluding steroid dienone is 2. The van der Waals surface area contributed by atoms with Gasteiger partial charge in [0.15, 0.2) is 5.78 Å². The van der Waals surface area contributed by atoms with Gasteiger partial charge in [-0.3, -0.25) is 4.79 Å². The Labute approximate surface area is 220 Å². The molecule has 1 nitrogen and oxygen atoms in total. The van der Waals surface area contributed by atoms with E-state index < -0.39 is 0 Å². The second kappa shape index (κ2) is 14.0. The highest BCUT2D eigenvalue weighted by Crippen LogP contribution is 2.41. The minimum atomic E-state index is 0.334. The molecule has 0 N–H and O–H groups in total. The van der Waals surface area contributed by atoms with Crippen molar-refractivity contribution in [2.45, 2.75) is 110 Å². The number of aryl methyl sites for hydroxylation is 1. The first-order valence-corrected chi connectivity index (χ1v) is 15.1. The maximum absolute atomic E-state index is 13.0. The Morgan fingerprint density at radius 3 is 1.94 bits per heavy atom. The van der Waals surface area contributed by atoms with Gasteiger partial charge in [0.1, 0.15) is 0 Å². The number of rotatable bonds is 12. The number of unbranched alkanes of at least 4 members (excludes halogenated alkanes) is 3. The molecule has 2 aromatic rings. The number of Topliss-reactive ketones (excluding diaryl/α,β-unsaturated/α-hetero) is 1. The van der Waals surface area contributed by atoms with Crippen LogP contribution >= 0.6 is 0 Å². The fraction of sp³-hybridized carbons (Fsp3) is 0.571. The number of hydrogen-bond acceptors (Lipinski definition) is 1. The minimum absolute atomic E-state index is 0.334. The van der Waals surface area contributed by atoms with Crippen LogP contribution in [0.2, 0.25) is 0 Å². The van der Waals surface area contributed by atoms with Gasteiger partial charge in [0, 0.05) is 6.42 Å². The average molecular weight is 485 g/mol. The molecule has 1 fully saturated rings. The van der Waals surface area contributed by atoms with Crippen LogP contribution in [0.5, 0.6) is 0 Å². The van der Waals surface area contributed by atoms with E-state index in [0.717, 1.165) is 48.2 Å². The van der Waals surface area contributed by atoms with E-state index >= 15 is 0 Å². The summed E-state index contributed by atoms with van der Waals surface area (Å²) in [5, 5.41) is 0. The predicted molar refractivity (Wildman–Crippen MR) is 154 cm³/mol. The zero-order valence-corrected chi connectivity index (χ0v) is 22.9. The molecule has 0 spiro atoms. The van der Waals surface area contributed by atoms with Crippen molar-refractivity contribution in [2.75, 3.05) is 0 Å². The van der Waals surface area contributed by atoms with Crippen molar-refractivity contribution in [3.05, 3.63) is 71.3 Å². The number of benzene rings is 2. The van der Waals surface area contributed by atoms with Crippen LogP contribution in [0.1, 0.15) is 108 Å². The van der Waals surface area contributed by atoms with Gasteiger partial charge in [-0.2, -0.15) is 0 Å². The van der Waals surface area contributed by atoms with Crippen molar-refractivity contribution in [3.63, 3.8) is 0 Å². The first kappa shape index (κ1) is 26.9. The quantitative estimate of drug-likeness (QED) is 0.274.